The minimum absolute atomic E-state index is 0.0899. The van der Waals surface area contributed by atoms with Gasteiger partial charge in [0.15, 0.2) is 0 Å². The fraction of sp³-hybridized carbons (Fsp3) is 0.250. The third-order valence-electron chi connectivity index (χ3n) is 3.34. The van der Waals surface area contributed by atoms with E-state index in [4.69, 9.17) is 27.9 Å². The second-order valence-corrected chi connectivity index (χ2v) is 5.49. The van der Waals surface area contributed by atoms with E-state index in [1.54, 1.807) is 19.2 Å². The third-order valence-corrected chi connectivity index (χ3v) is 4.08. The molecule has 0 saturated carbocycles. The average molecular weight is 328 g/mol. The minimum atomic E-state index is -0.291. The van der Waals surface area contributed by atoms with Crippen LogP contribution in [-0.4, -0.2) is 14.2 Å². The van der Waals surface area contributed by atoms with Crippen LogP contribution in [0.15, 0.2) is 36.4 Å². The molecule has 21 heavy (non-hydrogen) atoms. The highest BCUT2D eigenvalue weighted by Crippen LogP contribution is 2.30. The van der Waals surface area contributed by atoms with Crippen molar-refractivity contribution < 1.29 is 9.13 Å². The number of likely N-dealkylation sites (N-methyl/N-ethyl adjacent to an activating group) is 1. The van der Waals surface area contributed by atoms with Gasteiger partial charge in [-0.05, 0) is 49.4 Å². The largest absolute Gasteiger partial charge is 0.496 e. The minimum Gasteiger partial charge on any atom is -0.496 e. The van der Waals surface area contributed by atoms with Crippen LogP contribution in [-0.2, 0) is 6.42 Å². The Morgan fingerprint density at radius 2 is 1.90 bits per heavy atom. The maximum absolute atomic E-state index is 13.5. The van der Waals surface area contributed by atoms with E-state index in [1.165, 1.54) is 12.1 Å². The van der Waals surface area contributed by atoms with E-state index in [9.17, 15) is 4.39 Å². The van der Waals surface area contributed by atoms with Gasteiger partial charge in [0, 0.05) is 11.6 Å². The molecule has 0 aromatic heterocycles. The van der Waals surface area contributed by atoms with Crippen LogP contribution in [0.3, 0.4) is 0 Å². The summed E-state index contributed by atoms with van der Waals surface area (Å²) in [6.07, 6.45) is 0.646. The Morgan fingerprint density at radius 3 is 2.52 bits per heavy atom. The molecule has 0 heterocycles. The van der Waals surface area contributed by atoms with E-state index in [1.807, 2.05) is 19.2 Å². The molecule has 2 aromatic rings. The summed E-state index contributed by atoms with van der Waals surface area (Å²) < 4.78 is 18.8. The lowest BCUT2D eigenvalue weighted by molar-refractivity contribution is 0.399. The molecule has 0 aliphatic carbocycles. The summed E-state index contributed by atoms with van der Waals surface area (Å²) >= 11 is 12.0. The van der Waals surface area contributed by atoms with Gasteiger partial charge in [-0.2, -0.15) is 0 Å². The Bertz CT molecular complexity index is 634. The van der Waals surface area contributed by atoms with Crippen LogP contribution in [0.1, 0.15) is 17.2 Å². The number of hydrogen-bond donors (Lipinski definition) is 1. The molecule has 0 aliphatic rings. The fourth-order valence-corrected chi connectivity index (χ4v) is 2.57. The van der Waals surface area contributed by atoms with Crippen molar-refractivity contribution in [2.75, 3.05) is 14.2 Å². The maximum atomic E-state index is 13.5. The molecular weight excluding hydrogens is 312 g/mol. The number of nitrogens with one attached hydrogen (secondary N) is 1. The predicted octanol–water partition coefficient (Wildman–Crippen LogP) is 4.64. The van der Waals surface area contributed by atoms with E-state index >= 15 is 0 Å². The Kier molecular flexibility index (Phi) is 5.45. The molecule has 0 aliphatic heterocycles. The molecule has 0 fully saturated rings. The molecule has 2 nitrogen and oxygen atoms in total. The van der Waals surface area contributed by atoms with E-state index < -0.39 is 0 Å². The Morgan fingerprint density at radius 1 is 1.14 bits per heavy atom. The first-order chi connectivity index (χ1) is 10.0. The van der Waals surface area contributed by atoms with Crippen LogP contribution in [0.2, 0.25) is 10.0 Å². The maximum Gasteiger partial charge on any atom is 0.123 e. The molecule has 1 atom stereocenters. The smallest absolute Gasteiger partial charge is 0.123 e. The van der Waals surface area contributed by atoms with Crippen LogP contribution in [0, 0.1) is 5.82 Å². The van der Waals surface area contributed by atoms with Crippen molar-refractivity contribution in [3.05, 3.63) is 63.4 Å². The monoisotopic (exact) mass is 327 g/mol. The number of ether oxygens (including phenoxy) is 1. The van der Waals surface area contributed by atoms with Crippen LogP contribution in [0.4, 0.5) is 4.39 Å². The van der Waals surface area contributed by atoms with Crippen molar-refractivity contribution in [3.63, 3.8) is 0 Å². The van der Waals surface area contributed by atoms with Gasteiger partial charge in [0.05, 0.1) is 17.2 Å². The van der Waals surface area contributed by atoms with Gasteiger partial charge in [-0.25, -0.2) is 4.39 Å². The summed E-state index contributed by atoms with van der Waals surface area (Å²) in [4.78, 5) is 0. The van der Waals surface area contributed by atoms with E-state index in [0.29, 0.717) is 22.2 Å². The molecule has 0 amide bonds. The van der Waals surface area contributed by atoms with Crippen LogP contribution >= 0.6 is 23.2 Å². The SMILES string of the molecule is CNC(Cc1ccc(Cl)c(Cl)c1)c1cc(F)ccc1OC. The van der Waals surface area contributed by atoms with Crippen molar-refractivity contribution in [1.82, 2.24) is 5.32 Å². The van der Waals surface area contributed by atoms with Crippen molar-refractivity contribution in [2.24, 2.45) is 0 Å². The van der Waals surface area contributed by atoms with Gasteiger partial charge in [-0.3, -0.25) is 0 Å². The quantitative estimate of drug-likeness (QED) is 0.863. The molecule has 5 heteroatoms. The highest BCUT2D eigenvalue weighted by molar-refractivity contribution is 6.42. The van der Waals surface area contributed by atoms with Crippen LogP contribution in [0.5, 0.6) is 5.75 Å². The molecular formula is C16H16Cl2FNO. The summed E-state index contributed by atoms with van der Waals surface area (Å²) in [6, 6.07) is 9.89. The number of benzene rings is 2. The third kappa shape index (κ3) is 3.88. The summed E-state index contributed by atoms with van der Waals surface area (Å²) in [5.41, 5.74) is 1.78. The van der Waals surface area contributed by atoms with Crippen LogP contribution < -0.4 is 10.1 Å². The molecule has 0 spiro atoms. The van der Waals surface area contributed by atoms with Crippen molar-refractivity contribution >= 4 is 23.2 Å². The summed E-state index contributed by atoms with van der Waals surface area (Å²) in [5, 5.41) is 4.21. The van der Waals surface area contributed by atoms with Crippen molar-refractivity contribution in [2.45, 2.75) is 12.5 Å². The van der Waals surface area contributed by atoms with E-state index in [2.05, 4.69) is 5.32 Å². The van der Waals surface area contributed by atoms with Gasteiger partial charge in [0.2, 0.25) is 0 Å². The highest BCUT2D eigenvalue weighted by Gasteiger charge is 2.16. The van der Waals surface area contributed by atoms with Gasteiger partial charge in [0.25, 0.3) is 0 Å². The van der Waals surface area contributed by atoms with Gasteiger partial charge >= 0.3 is 0 Å². The standard InChI is InChI=1S/C16H16Cl2FNO/c1-20-15(8-10-3-5-13(17)14(18)7-10)12-9-11(19)4-6-16(12)21-2/h3-7,9,15,20H,8H2,1-2H3. The second-order valence-electron chi connectivity index (χ2n) is 4.68. The van der Waals surface area contributed by atoms with Crippen molar-refractivity contribution in [1.29, 1.82) is 0 Å². The predicted molar refractivity (Wildman–Crippen MR) is 84.9 cm³/mol. The van der Waals surface area contributed by atoms with E-state index in [0.717, 1.165) is 11.1 Å². The summed E-state index contributed by atoms with van der Waals surface area (Å²) in [6.45, 7) is 0. The molecule has 2 aromatic carbocycles. The lowest BCUT2D eigenvalue weighted by Crippen LogP contribution is -2.19. The fourth-order valence-electron chi connectivity index (χ4n) is 2.25. The molecule has 0 bridgehead atoms. The van der Waals surface area contributed by atoms with Gasteiger partial charge in [-0.1, -0.05) is 29.3 Å². The van der Waals surface area contributed by atoms with Gasteiger partial charge in [-0.15, -0.1) is 0 Å². The first-order valence-electron chi connectivity index (χ1n) is 6.49. The lowest BCUT2D eigenvalue weighted by Gasteiger charge is -2.20. The average Bonchev–Trinajstić information content (AvgIpc) is 2.48. The normalized spacial score (nSPS) is 12.2. The molecule has 2 rings (SSSR count). The van der Waals surface area contributed by atoms with Crippen molar-refractivity contribution in [3.8, 4) is 5.75 Å². The molecule has 112 valence electrons. The van der Waals surface area contributed by atoms with Gasteiger partial charge in [0.1, 0.15) is 11.6 Å². The number of halogens is 3. The van der Waals surface area contributed by atoms with Gasteiger partial charge < -0.3 is 10.1 Å². The number of hydrogen-bond acceptors (Lipinski definition) is 2. The summed E-state index contributed by atoms with van der Waals surface area (Å²) in [5.74, 6) is 0.357. The lowest BCUT2D eigenvalue weighted by atomic mass is 9.98. The zero-order valence-corrected chi connectivity index (χ0v) is 13.3. The summed E-state index contributed by atoms with van der Waals surface area (Å²) in [7, 11) is 3.40. The van der Waals surface area contributed by atoms with E-state index in [-0.39, 0.29) is 11.9 Å². The first kappa shape index (κ1) is 16.1. The second kappa shape index (κ2) is 7.12. The first-order valence-corrected chi connectivity index (χ1v) is 7.25. The molecule has 1 N–H and O–H groups in total. The topological polar surface area (TPSA) is 21.3 Å². The highest BCUT2D eigenvalue weighted by atomic mass is 35.5. The Balaban J connectivity index is 2.31. The number of methoxy groups -OCH3 is 1. The Hall–Kier alpha value is -1.29. The van der Waals surface area contributed by atoms with Crippen LogP contribution in [0.25, 0.3) is 0 Å². The molecule has 0 radical (unpaired) electrons. The zero-order chi connectivity index (χ0) is 15.4. The number of rotatable bonds is 5. The molecule has 1 unspecified atom stereocenters. The molecule has 0 saturated heterocycles. The zero-order valence-electron chi connectivity index (χ0n) is 11.8. The Labute approximate surface area is 133 Å².